The second-order valence-electron chi connectivity index (χ2n) is 3.85. The van der Waals surface area contributed by atoms with Crippen molar-refractivity contribution in [3.63, 3.8) is 0 Å². The van der Waals surface area contributed by atoms with E-state index >= 15 is 0 Å². The molecule has 2 aromatic rings. The summed E-state index contributed by atoms with van der Waals surface area (Å²) < 4.78 is 53.8. The van der Waals surface area contributed by atoms with Crippen LogP contribution in [0.3, 0.4) is 0 Å². The van der Waals surface area contributed by atoms with Crippen molar-refractivity contribution in [3.8, 4) is 22.6 Å². The molecule has 1 aliphatic rings. The number of fused-ring (bicyclic) bond motifs is 1. The first-order valence-electron chi connectivity index (χ1n) is 5.18. The fourth-order valence-electron chi connectivity index (χ4n) is 1.85. The third-order valence-corrected chi connectivity index (χ3v) is 2.71. The van der Waals surface area contributed by atoms with Crippen LogP contribution in [0.15, 0.2) is 22.9 Å². The second-order valence-corrected chi connectivity index (χ2v) is 3.85. The first-order chi connectivity index (χ1) is 8.97. The van der Waals surface area contributed by atoms with Gasteiger partial charge in [0.25, 0.3) is 0 Å². The molecule has 0 aliphatic carbocycles. The Morgan fingerprint density at radius 2 is 1.79 bits per heavy atom. The lowest BCUT2D eigenvalue weighted by atomic mass is 10.0. The molecule has 8 heteroatoms. The van der Waals surface area contributed by atoms with E-state index in [4.69, 9.17) is 15.2 Å². The molecule has 100 valence electrons. The Kier molecular flexibility index (Phi) is 2.34. The molecular formula is C11H7F3N2O3. The molecule has 1 aromatic heterocycles. The summed E-state index contributed by atoms with van der Waals surface area (Å²) in [4.78, 5) is 0. The number of nitrogens with zero attached hydrogens (tertiary/aromatic N) is 1. The molecule has 0 saturated heterocycles. The monoisotopic (exact) mass is 272 g/mol. The number of nitrogens with two attached hydrogens (primary N) is 1. The summed E-state index contributed by atoms with van der Waals surface area (Å²) in [7, 11) is 0. The van der Waals surface area contributed by atoms with Crippen LogP contribution < -0.4 is 15.2 Å². The molecule has 3 rings (SSSR count). The highest BCUT2D eigenvalue weighted by Crippen LogP contribution is 2.45. The molecule has 2 N–H and O–H groups in total. The van der Waals surface area contributed by atoms with Gasteiger partial charge < -0.3 is 19.7 Å². The van der Waals surface area contributed by atoms with E-state index < -0.39 is 11.7 Å². The van der Waals surface area contributed by atoms with Gasteiger partial charge in [-0.3, -0.25) is 0 Å². The maximum Gasteiger partial charge on any atom is 0.417 e. The fourth-order valence-corrected chi connectivity index (χ4v) is 1.85. The first-order valence-corrected chi connectivity index (χ1v) is 5.18. The highest BCUT2D eigenvalue weighted by Gasteiger charge is 2.37. The molecule has 0 atom stereocenters. The van der Waals surface area contributed by atoms with Crippen LogP contribution in [-0.4, -0.2) is 11.9 Å². The molecule has 0 bridgehead atoms. The Morgan fingerprint density at radius 3 is 2.37 bits per heavy atom. The topological polar surface area (TPSA) is 70.5 Å². The predicted octanol–water partition coefficient (Wildman–Crippen LogP) is 2.67. The molecule has 0 spiro atoms. The van der Waals surface area contributed by atoms with E-state index in [0.29, 0.717) is 0 Å². The van der Waals surface area contributed by atoms with Crippen LogP contribution in [0.1, 0.15) is 5.56 Å². The average Bonchev–Trinajstić information content (AvgIpc) is 2.93. The van der Waals surface area contributed by atoms with Gasteiger partial charge >= 0.3 is 6.18 Å². The van der Waals surface area contributed by atoms with Gasteiger partial charge in [0.2, 0.25) is 12.7 Å². The van der Waals surface area contributed by atoms with Crippen LogP contribution in [0.25, 0.3) is 11.1 Å². The minimum atomic E-state index is -4.56. The average molecular weight is 272 g/mol. The van der Waals surface area contributed by atoms with Gasteiger partial charge in [-0.15, -0.1) is 0 Å². The van der Waals surface area contributed by atoms with Gasteiger partial charge in [-0.2, -0.15) is 13.2 Å². The van der Waals surface area contributed by atoms with Gasteiger partial charge in [-0.1, -0.05) is 5.16 Å². The van der Waals surface area contributed by atoms with Crippen molar-refractivity contribution in [2.24, 2.45) is 0 Å². The minimum absolute atomic E-state index is 0.0473. The summed E-state index contributed by atoms with van der Waals surface area (Å²) in [6, 6.07) is 2.10. The summed E-state index contributed by atoms with van der Waals surface area (Å²) in [6.45, 7) is -0.116. The normalized spacial score (nSPS) is 13.8. The number of aromatic nitrogens is 1. The lowest BCUT2D eigenvalue weighted by Gasteiger charge is -2.12. The highest BCUT2D eigenvalue weighted by molar-refractivity contribution is 5.77. The van der Waals surface area contributed by atoms with Gasteiger partial charge in [-0.05, 0) is 12.1 Å². The van der Waals surface area contributed by atoms with Crippen LogP contribution in [0, 0.1) is 0 Å². The summed E-state index contributed by atoms with van der Waals surface area (Å²) in [5.74, 6) is 0.0825. The molecule has 1 aliphatic heterocycles. The fraction of sp³-hybridized carbons (Fsp3) is 0.182. The molecule has 5 nitrogen and oxygen atoms in total. The zero-order valence-corrected chi connectivity index (χ0v) is 9.32. The maximum absolute atomic E-state index is 13.1. The van der Waals surface area contributed by atoms with Gasteiger partial charge in [0.15, 0.2) is 11.5 Å². The van der Waals surface area contributed by atoms with Crippen molar-refractivity contribution < 1.29 is 27.2 Å². The molecule has 1 aromatic carbocycles. The van der Waals surface area contributed by atoms with Crippen LogP contribution in [0.5, 0.6) is 11.5 Å². The van der Waals surface area contributed by atoms with E-state index in [1.807, 2.05) is 0 Å². The number of hydrogen-bond donors (Lipinski definition) is 1. The zero-order chi connectivity index (χ0) is 13.6. The summed E-state index contributed by atoms with van der Waals surface area (Å²) in [6.07, 6.45) is -3.43. The number of rotatable bonds is 1. The van der Waals surface area contributed by atoms with Crippen molar-refractivity contribution in [2.75, 3.05) is 12.5 Å². The van der Waals surface area contributed by atoms with Gasteiger partial charge in [0.1, 0.15) is 0 Å². The van der Waals surface area contributed by atoms with E-state index in [0.717, 1.165) is 12.3 Å². The summed E-state index contributed by atoms with van der Waals surface area (Å²) in [5, 5.41) is 3.38. The Bertz CT molecular complexity index is 637. The van der Waals surface area contributed by atoms with Crippen LogP contribution in [0.2, 0.25) is 0 Å². The molecular weight excluding hydrogens is 265 g/mol. The van der Waals surface area contributed by atoms with Crippen molar-refractivity contribution in [3.05, 3.63) is 23.9 Å². The minimum Gasteiger partial charge on any atom is -0.454 e. The van der Waals surface area contributed by atoms with E-state index in [2.05, 4.69) is 9.68 Å². The molecule has 0 fully saturated rings. The third kappa shape index (κ3) is 1.85. The predicted molar refractivity (Wildman–Crippen MR) is 57.5 cm³/mol. The number of ether oxygens (including phenoxy) is 2. The van der Waals surface area contributed by atoms with Crippen molar-refractivity contribution in [1.29, 1.82) is 0 Å². The SMILES string of the molecule is Nc1oncc1-c1cc2c(cc1C(F)(F)F)OCO2. The molecule has 19 heavy (non-hydrogen) atoms. The van der Waals surface area contributed by atoms with Crippen molar-refractivity contribution in [2.45, 2.75) is 6.18 Å². The molecule has 0 saturated carbocycles. The number of benzene rings is 1. The number of nitrogen functional groups attached to an aromatic ring is 1. The highest BCUT2D eigenvalue weighted by atomic mass is 19.4. The number of anilines is 1. The maximum atomic E-state index is 13.1. The lowest BCUT2D eigenvalue weighted by Crippen LogP contribution is -2.07. The van der Waals surface area contributed by atoms with Gasteiger partial charge in [-0.25, -0.2) is 0 Å². The van der Waals surface area contributed by atoms with Crippen LogP contribution in [0.4, 0.5) is 19.1 Å². The van der Waals surface area contributed by atoms with E-state index in [9.17, 15) is 13.2 Å². The Morgan fingerprint density at radius 1 is 1.11 bits per heavy atom. The van der Waals surface area contributed by atoms with Crippen LogP contribution >= 0.6 is 0 Å². The van der Waals surface area contributed by atoms with Gasteiger partial charge in [0.05, 0.1) is 17.3 Å². The van der Waals surface area contributed by atoms with Crippen LogP contribution in [-0.2, 0) is 6.18 Å². The third-order valence-electron chi connectivity index (χ3n) is 2.71. The standard InChI is InChI=1S/C11H7F3N2O3/c12-11(13,14)7-2-9-8(17-4-18-9)1-5(7)6-3-16-19-10(6)15/h1-3H,4,15H2. The quantitative estimate of drug-likeness (QED) is 0.864. The lowest BCUT2D eigenvalue weighted by molar-refractivity contribution is -0.137. The Labute approximate surface area is 104 Å². The Balaban J connectivity index is 2.25. The number of alkyl halides is 3. The zero-order valence-electron chi connectivity index (χ0n) is 9.32. The van der Waals surface area contributed by atoms with E-state index in [1.54, 1.807) is 0 Å². The Hall–Kier alpha value is -2.38. The van der Waals surface area contributed by atoms with E-state index in [-0.39, 0.29) is 35.3 Å². The molecule has 0 amide bonds. The van der Waals surface area contributed by atoms with Crippen molar-refractivity contribution >= 4 is 5.88 Å². The molecule has 0 radical (unpaired) electrons. The summed E-state index contributed by atoms with van der Waals surface area (Å²) in [5.41, 5.74) is 4.48. The van der Waals surface area contributed by atoms with Gasteiger partial charge in [0, 0.05) is 5.56 Å². The molecule has 2 heterocycles. The van der Waals surface area contributed by atoms with E-state index in [1.165, 1.54) is 6.07 Å². The van der Waals surface area contributed by atoms with Crippen molar-refractivity contribution in [1.82, 2.24) is 5.16 Å². The smallest absolute Gasteiger partial charge is 0.417 e. The summed E-state index contributed by atoms with van der Waals surface area (Å²) >= 11 is 0. The molecule has 0 unspecified atom stereocenters. The second kappa shape index (κ2) is 3.81. The number of hydrogen-bond acceptors (Lipinski definition) is 5. The first kappa shape index (κ1) is 11.7. The number of halogens is 3. The largest absolute Gasteiger partial charge is 0.454 e.